The molecule has 1 atom stereocenters. The molecule has 0 aromatic heterocycles. The second-order valence-corrected chi connectivity index (χ2v) is 5.15. The molecule has 0 bridgehead atoms. The molecular weight excluding hydrogens is 296 g/mol. The number of carbonyl (C=O) groups is 1. The van der Waals surface area contributed by atoms with Crippen molar-refractivity contribution in [2.24, 2.45) is 0 Å². The van der Waals surface area contributed by atoms with E-state index in [1.165, 1.54) is 0 Å². The van der Waals surface area contributed by atoms with Crippen LogP contribution in [-0.2, 0) is 14.3 Å². The van der Waals surface area contributed by atoms with Gasteiger partial charge in [0.15, 0.2) is 0 Å². The maximum atomic E-state index is 12.8. The second kappa shape index (κ2) is 10.9. The maximum absolute atomic E-state index is 12.8. The van der Waals surface area contributed by atoms with E-state index in [0.717, 1.165) is 11.4 Å². The van der Waals surface area contributed by atoms with Gasteiger partial charge >= 0.3 is 0 Å². The Labute approximate surface area is 138 Å². The average Bonchev–Trinajstić information content (AvgIpc) is 2.59. The van der Waals surface area contributed by atoms with Crippen LogP contribution in [0.5, 0.6) is 5.75 Å². The Kier molecular flexibility index (Phi) is 9.09. The monoisotopic (exact) mass is 324 g/mol. The Morgan fingerprint density at radius 2 is 1.83 bits per heavy atom. The smallest absolute Gasteiger partial charge is 0.245 e. The highest BCUT2D eigenvalue weighted by Gasteiger charge is 2.22. The summed E-state index contributed by atoms with van der Waals surface area (Å²) in [5, 5.41) is 3.28. The first kappa shape index (κ1) is 19.3. The molecule has 0 radical (unpaired) electrons. The number of methoxy groups -OCH3 is 3. The van der Waals surface area contributed by atoms with E-state index in [1.807, 2.05) is 31.2 Å². The lowest BCUT2D eigenvalue weighted by Gasteiger charge is -2.27. The molecule has 0 heterocycles. The van der Waals surface area contributed by atoms with Gasteiger partial charge in [-0.3, -0.25) is 4.79 Å². The van der Waals surface area contributed by atoms with Crippen LogP contribution in [0.25, 0.3) is 0 Å². The number of nitrogens with one attached hydrogen (secondary N) is 1. The van der Waals surface area contributed by atoms with Crippen LogP contribution < -0.4 is 10.1 Å². The summed E-state index contributed by atoms with van der Waals surface area (Å²) in [6.45, 7) is 4.10. The number of rotatable bonds is 11. The van der Waals surface area contributed by atoms with Gasteiger partial charge in [-0.2, -0.15) is 0 Å². The van der Waals surface area contributed by atoms with E-state index in [1.54, 1.807) is 26.2 Å². The van der Waals surface area contributed by atoms with Crippen LogP contribution in [0, 0.1) is 0 Å². The van der Waals surface area contributed by atoms with Gasteiger partial charge in [-0.15, -0.1) is 0 Å². The van der Waals surface area contributed by atoms with Gasteiger partial charge in [-0.05, 0) is 18.6 Å². The van der Waals surface area contributed by atoms with Crippen molar-refractivity contribution in [1.29, 1.82) is 0 Å². The Bertz CT molecular complexity index is 460. The van der Waals surface area contributed by atoms with E-state index in [4.69, 9.17) is 14.2 Å². The van der Waals surface area contributed by atoms with Crippen molar-refractivity contribution < 1.29 is 19.0 Å². The Morgan fingerprint density at radius 3 is 2.35 bits per heavy atom. The summed E-state index contributed by atoms with van der Waals surface area (Å²) in [5.41, 5.74) is 0.864. The van der Waals surface area contributed by atoms with E-state index in [9.17, 15) is 4.79 Å². The lowest BCUT2D eigenvalue weighted by atomic mass is 10.1. The molecule has 1 unspecified atom stereocenters. The fourth-order valence-corrected chi connectivity index (χ4v) is 2.21. The molecule has 0 saturated carbocycles. The van der Waals surface area contributed by atoms with Gasteiger partial charge in [0.05, 0.1) is 20.3 Å². The topological polar surface area (TPSA) is 60.0 Å². The molecule has 0 spiro atoms. The SMILES string of the molecule is CCC(Nc1cccc(OC)c1)C(=O)N(CCOC)CCOC. The predicted molar refractivity (Wildman–Crippen MR) is 91.0 cm³/mol. The van der Waals surface area contributed by atoms with Crippen LogP contribution >= 0.6 is 0 Å². The van der Waals surface area contributed by atoms with Crippen molar-refractivity contribution >= 4 is 11.6 Å². The summed E-state index contributed by atoms with van der Waals surface area (Å²) in [5.74, 6) is 0.803. The lowest BCUT2D eigenvalue weighted by molar-refractivity contribution is -0.133. The normalized spacial score (nSPS) is 11.8. The van der Waals surface area contributed by atoms with Gasteiger partial charge in [0.2, 0.25) is 5.91 Å². The molecule has 23 heavy (non-hydrogen) atoms. The Morgan fingerprint density at radius 1 is 1.17 bits per heavy atom. The highest BCUT2D eigenvalue weighted by molar-refractivity contribution is 5.84. The van der Waals surface area contributed by atoms with Gasteiger partial charge in [0.1, 0.15) is 11.8 Å². The van der Waals surface area contributed by atoms with Crippen molar-refractivity contribution in [3.05, 3.63) is 24.3 Å². The minimum atomic E-state index is -0.296. The van der Waals surface area contributed by atoms with Crippen LogP contribution in [0.2, 0.25) is 0 Å². The standard InChI is InChI=1S/C17H28N2O4/c1-5-16(18-14-7-6-8-15(13-14)23-4)17(20)19(9-11-21-2)10-12-22-3/h6-8,13,16,18H,5,9-12H2,1-4H3. The maximum Gasteiger partial charge on any atom is 0.245 e. The molecule has 1 amide bonds. The molecular formula is C17H28N2O4. The minimum absolute atomic E-state index is 0.0458. The van der Waals surface area contributed by atoms with E-state index >= 15 is 0 Å². The summed E-state index contributed by atoms with van der Waals surface area (Å²) in [6, 6.07) is 7.28. The van der Waals surface area contributed by atoms with E-state index < -0.39 is 0 Å². The molecule has 6 heteroatoms. The number of anilines is 1. The summed E-state index contributed by atoms with van der Waals surface area (Å²) in [7, 11) is 4.88. The molecule has 0 aliphatic carbocycles. The summed E-state index contributed by atoms with van der Waals surface area (Å²) >= 11 is 0. The first-order chi connectivity index (χ1) is 11.2. The van der Waals surface area contributed by atoms with Gasteiger partial charge in [-0.25, -0.2) is 0 Å². The molecule has 0 aliphatic rings. The molecule has 1 rings (SSSR count). The number of benzene rings is 1. The number of hydrogen-bond donors (Lipinski definition) is 1. The third kappa shape index (κ3) is 6.46. The summed E-state index contributed by atoms with van der Waals surface area (Å²) in [4.78, 5) is 14.5. The Hall–Kier alpha value is -1.79. The molecule has 0 fully saturated rings. The van der Waals surface area contributed by atoms with Crippen LogP contribution in [0.4, 0.5) is 5.69 Å². The van der Waals surface area contributed by atoms with Crippen molar-refractivity contribution in [2.75, 3.05) is 52.9 Å². The van der Waals surface area contributed by atoms with Crippen molar-refractivity contribution in [3.8, 4) is 5.75 Å². The van der Waals surface area contributed by atoms with Crippen LogP contribution in [0.3, 0.4) is 0 Å². The highest BCUT2D eigenvalue weighted by Crippen LogP contribution is 2.18. The number of amides is 1. The van der Waals surface area contributed by atoms with Gasteiger partial charge in [-0.1, -0.05) is 13.0 Å². The third-order valence-electron chi connectivity index (χ3n) is 3.56. The van der Waals surface area contributed by atoms with E-state index in [-0.39, 0.29) is 11.9 Å². The summed E-state index contributed by atoms with van der Waals surface area (Å²) in [6.07, 6.45) is 0.687. The number of ether oxygens (including phenoxy) is 3. The van der Waals surface area contributed by atoms with Crippen molar-refractivity contribution in [3.63, 3.8) is 0 Å². The minimum Gasteiger partial charge on any atom is -0.497 e. The van der Waals surface area contributed by atoms with Crippen LogP contribution in [0.1, 0.15) is 13.3 Å². The van der Waals surface area contributed by atoms with Gasteiger partial charge < -0.3 is 24.4 Å². The average molecular weight is 324 g/mol. The second-order valence-electron chi connectivity index (χ2n) is 5.15. The molecule has 6 nitrogen and oxygen atoms in total. The highest BCUT2D eigenvalue weighted by atomic mass is 16.5. The fraction of sp³-hybridized carbons (Fsp3) is 0.588. The molecule has 1 aromatic rings. The van der Waals surface area contributed by atoms with E-state index in [2.05, 4.69) is 5.32 Å². The number of nitrogens with zero attached hydrogens (tertiary/aromatic N) is 1. The van der Waals surface area contributed by atoms with Crippen molar-refractivity contribution in [1.82, 2.24) is 4.90 Å². The largest absolute Gasteiger partial charge is 0.497 e. The molecule has 1 aromatic carbocycles. The predicted octanol–water partition coefficient (Wildman–Crippen LogP) is 2.01. The molecule has 130 valence electrons. The molecule has 0 aliphatic heterocycles. The summed E-state index contributed by atoms with van der Waals surface area (Å²) < 4.78 is 15.4. The van der Waals surface area contributed by atoms with Crippen LogP contribution in [-0.4, -0.2) is 64.5 Å². The van der Waals surface area contributed by atoms with Crippen LogP contribution in [0.15, 0.2) is 24.3 Å². The first-order valence-corrected chi connectivity index (χ1v) is 7.83. The van der Waals surface area contributed by atoms with Gasteiger partial charge in [0.25, 0.3) is 0 Å². The lowest BCUT2D eigenvalue weighted by Crippen LogP contribution is -2.45. The zero-order chi connectivity index (χ0) is 17.1. The van der Waals surface area contributed by atoms with E-state index in [0.29, 0.717) is 32.7 Å². The quantitative estimate of drug-likeness (QED) is 0.675. The first-order valence-electron chi connectivity index (χ1n) is 7.83. The Balaban J connectivity index is 2.76. The zero-order valence-electron chi connectivity index (χ0n) is 14.5. The van der Waals surface area contributed by atoms with Gasteiger partial charge in [0, 0.05) is 39.1 Å². The number of hydrogen-bond acceptors (Lipinski definition) is 5. The fourth-order valence-electron chi connectivity index (χ4n) is 2.21. The molecule has 0 saturated heterocycles. The third-order valence-corrected chi connectivity index (χ3v) is 3.56. The number of carbonyl (C=O) groups excluding carboxylic acids is 1. The molecule has 1 N–H and O–H groups in total. The zero-order valence-corrected chi connectivity index (χ0v) is 14.5. The van der Waals surface area contributed by atoms with Crippen molar-refractivity contribution in [2.45, 2.75) is 19.4 Å².